The van der Waals surface area contributed by atoms with Crippen LogP contribution < -0.4 is 19.7 Å². The zero-order chi connectivity index (χ0) is 21.8. The van der Waals surface area contributed by atoms with Crippen LogP contribution in [0.15, 0.2) is 42.5 Å². The number of benzene rings is 2. The second-order valence-corrected chi connectivity index (χ2v) is 8.26. The van der Waals surface area contributed by atoms with Crippen molar-refractivity contribution < 1.29 is 28.7 Å². The molecule has 7 nitrogen and oxygen atoms in total. The largest absolute Gasteiger partial charge is 0.486 e. The minimum Gasteiger partial charge on any atom is -0.486 e. The Morgan fingerprint density at radius 3 is 2.58 bits per heavy atom. The fourth-order valence-electron chi connectivity index (χ4n) is 4.19. The van der Waals surface area contributed by atoms with Gasteiger partial charge in [0.05, 0.1) is 18.2 Å². The van der Waals surface area contributed by atoms with Gasteiger partial charge in [0.2, 0.25) is 0 Å². The zero-order valence-corrected chi connectivity index (χ0v) is 18.0. The first-order chi connectivity index (χ1) is 15.0. The van der Waals surface area contributed by atoms with Gasteiger partial charge >= 0.3 is 5.97 Å². The first kappa shape index (κ1) is 21.2. The molecular weight excluding hydrogens is 396 g/mol. The number of hydrogen-bond donors (Lipinski definition) is 2. The predicted molar refractivity (Wildman–Crippen MR) is 116 cm³/mol. The molecule has 1 fully saturated rings. The van der Waals surface area contributed by atoms with Gasteiger partial charge in [-0.3, -0.25) is 4.79 Å². The van der Waals surface area contributed by atoms with E-state index in [2.05, 4.69) is 17.4 Å². The highest BCUT2D eigenvalue weighted by atomic mass is 16.6. The Hall–Kier alpha value is -3.06. The van der Waals surface area contributed by atoms with E-state index in [1.807, 2.05) is 19.9 Å². The van der Waals surface area contributed by atoms with E-state index in [1.54, 1.807) is 24.3 Å². The van der Waals surface area contributed by atoms with Crippen molar-refractivity contribution in [3.8, 4) is 11.5 Å². The van der Waals surface area contributed by atoms with Gasteiger partial charge in [0, 0.05) is 24.1 Å². The maximum Gasteiger partial charge on any atom is 0.338 e. The number of likely N-dealkylation sites (tertiary alicyclic amines) is 1. The van der Waals surface area contributed by atoms with E-state index in [9.17, 15) is 9.59 Å². The number of esters is 1. The Morgan fingerprint density at radius 2 is 1.84 bits per heavy atom. The predicted octanol–water partition coefficient (Wildman–Crippen LogP) is 2.38. The summed E-state index contributed by atoms with van der Waals surface area (Å²) in [6, 6.07) is 13.1. The van der Waals surface area contributed by atoms with Gasteiger partial charge in [0.25, 0.3) is 5.91 Å². The molecule has 0 bridgehead atoms. The lowest BCUT2D eigenvalue weighted by Gasteiger charge is -2.24. The molecule has 1 amide bonds. The van der Waals surface area contributed by atoms with E-state index in [0.717, 1.165) is 30.9 Å². The van der Waals surface area contributed by atoms with Gasteiger partial charge in [0.1, 0.15) is 19.3 Å². The molecule has 2 aromatic rings. The molecule has 7 heteroatoms. The Kier molecular flexibility index (Phi) is 6.42. The Bertz CT molecular complexity index is 941. The van der Waals surface area contributed by atoms with E-state index in [0.29, 0.717) is 31.0 Å². The number of nitrogens with one attached hydrogen (secondary N) is 2. The number of carbonyl (C=O) groups is 2. The Balaban J connectivity index is 1.36. The first-order valence-electron chi connectivity index (χ1n) is 10.8. The lowest BCUT2D eigenvalue weighted by molar-refractivity contribution is -0.910. The fourth-order valence-corrected chi connectivity index (χ4v) is 4.19. The SMILES string of the molecule is CC(C)OC(=O)c1ccc(NC(=O)C[NH+]2CCC[C@H]2c2ccc3c(c2)OCCO3)cc1. The number of hydrogen-bond acceptors (Lipinski definition) is 5. The number of carbonyl (C=O) groups excluding carboxylic acids is 2. The lowest BCUT2D eigenvalue weighted by Crippen LogP contribution is -3.11. The van der Waals surface area contributed by atoms with Crippen LogP contribution in [0.25, 0.3) is 0 Å². The monoisotopic (exact) mass is 425 g/mol. The fraction of sp³-hybridized carbons (Fsp3) is 0.417. The number of fused-ring (bicyclic) bond motifs is 1. The zero-order valence-electron chi connectivity index (χ0n) is 18.0. The second kappa shape index (κ2) is 9.39. The van der Waals surface area contributed by atoms with Gasteiger partial charge in [-0.25, -0.2) is 4.79 Å². The van der Waals surface area contributed by atoms with Crippen molar-refractivity contribution in [1.29, 1.82) is 0 Å². The van der Waals surface area contributed by atoms with Gasteiger partial charge in [-0.15, -0.1) is 0 Å². The van der Waals surface area contributed by atoms with Gasteiger partial charge in [-0.2, -0.15) is 0 Å². The number of quaternary nitrogens is 1. The summed E-state index contributed by atoms with van der Waals surface area (Å²) < 4.78 is 16.5. The number of anilines is 1. The topological polar surface area (TPSA) is 78.3 Å². The molecule has 2 aliphatic heterocycles. The Morgan fingerprint density at radius 1 is 1.10 bits per heavy atom. The molecule has 1 unspecified atom stereocenters. The highest BCUT2D eigenvalue weighted by Gasteiger charge is 2.32. The van der Waals surface area contributed by atoms with Crippen molar-refractivity contribution >= 4 is 17.6 Å². The molecule has 0 saturated carbocycles. The van der Waals surface area contributed by atoms with Crippen molar-refractivity contribution in [2.45, 2.75) is 38.8 Å². The highest BCUT2D eigenvalue weighted by Crippen LogP contribution is 2.33. The van der Waals surface area contributed by atoms with E-state index >= 15 is 0 Å². The van der Waals surface area contributed by atoms with Crippen molar-refractivity contribution in [1.82, 2.24) is 0 Å². The standard InChI is InChI=1S/C24H28N2O5/c1-16(2)31-24(28)17-5-8-19(9-6-17)25-23(27)15-26-11-3-4-20(26)18-7-10-21-22(14-18)30-13-12-29-21/h5-10,14,16,20H,3-4,11-13,15H2,1-2H3,(H,25,27)/p+1/t20-/m0/s1. The third kappa shape index (κ3) is 5.17. The van der Waals surface area contributed by atoms with Crippen LogP contribution in [0.2, 0.25) is 0 Å². The van der Waals surface area contributed by atoms with Crippen LogP contribution >= 0.6 is 0 Å². The molecule has 1 saturated heterocycles. The molecule has 2 heterocycles. The average molecular weight is 426 g/mol. The van der Waals surface area contributed by atoms with Crippen LogP contribution in [-0.2, 0) is 9.53 Å². The molecule has 0 aliphatic carbocycles. The van der Waals surface area contributed by atoms with Crippen LogP contribution in [0.4, 0.5) is 5.69 Å². The van der Waals surface area contributed by atoms with Crippen molar-refractivity contribution in [3.63, 3.8) is 0 Å². The summed E-state index contributed by atoms with van der Waals surface area (Å²) in [5.41, 5.74) is 2.31. The number of amides is 1. The smallest absolute Gasteiger partial charge is 0.338 e. The number of ether oxygens (including phenoxy) is 3. The summed E-state index contributed by atoms with van der Waals surface area (Å²) in [5.74, 6) is 1.16. The van der Waals surface area contributed by atoms with Crippen LogP contribution in [-0.4, -0.2) is 44.3 Å². The summed E-state index contributed by atoms with van der Waals surface area (Å²) in [6.07, 6.45) is 1.95. The third-order valence-electron chi connectivity index (χ3n) is 5.59. The van der Waals surface area contributed by atoms with E-state index < -0.39 is 0 Å². The molecule has 0 radical (unpaired) electrons. The summed E-state index contributed by atoms with van der Waals surface area (Å²) in [4.78, 5) is 25.9. The maximum atomic E-state index is 12.7. The molecule has 2 aliphatic rings. The quantitative estimate of drug-likeness (QED) is 0.695. The van der Waals surface area contributed by atoms with Crippen LogP contribution in [0, 0.1) is 0 Å². The molecule has 0 aromatic heterocycles. The third-order valence-corrected chi connectivity index (χ3v) is 5.59. The minimum atomic E-state index is -0.364. The van der Waals surface area contributed by atoms with Crippen LogP contribution in [0.3, 0.4) is 0 Å². The van der Waals surface area contributed by atoms with Crippen LogP contribution in [0.1, 0.15) is 48.7 Å². The number of rotatable bonds is 6. The summed E-state index contributed by atoms with van der Waals surface area (Å²) in [7, 11) is 0. The molecule has 2 aromatic carbocycles. The molecule has 4 rings (SSSR count). The van der Waals surface area contributed by atoms with Crippen molar-refractivity contribution in [2.24, 2.45) is 0 Å². The molecule has 164 valence electrons. The van der Waals surface area contributed by atoms with E-state index in [-0.39, 0.29) is 24.0 Å². The molecule has 2 N–H and O–H groups in total. The van der Waals surface area contributed by atoms with Crippen molar-refractivity contribution in [3.05, 3.63) is 53.6 Å². The summed E-state index contributed by atoms with van der Waals surface area (Å²) >= 11 is 0. The molecule has 2 atom stereocenters. The summed E-state index contributed by atoms with van der Waals surface area (Å²) in [5, 5.41) is 2.94. The van der Waals surface area contributed by atoms with E-state index in [1.165, 1.54) is 10.5 Å². The maximum absolute atomic E-state index is 12.7. The van der Waals surface area contributed by atoms with Crippen molar-refractivity contribution in [2.75, 3.05) is 31.6 Å². The van der Waals surface area contributed by atoms with Gasteiger partial charge in [-0.1, -0.05) is 0 Å². The Labute approximate surface area is 182 Å². The normalized spacial score (nSPS) is 19.8. The van der Waals surface area contributed by atoms with Gasteiger partial charge in [-0.05, 0) is 56.3 Å². The molecule has 0 spiro atoms. The summed E-state index contributed by atoms with van der Waals surface area (Å²) in [6.45, 7) is 6.10. The van der Waals surface area contributed by atoms with Crippen LogP contribution in [0.5, 0.6) is 11.5 Å². The molecular formula is C24H29N2O5+. The minimum absolute atomic E-state index is 0.0445. The lowest BCUT2D eigenvalue weighted by atomic mass is 10.0. The average Bonchev–Trinajstić information content (AvgIpc) is 3.21. The highest BCUT2D eigenvalue weighted by molar-refractivity contribution is 5.93. The first-order valence-corrected chi connectivity index (χ1v) is 10.8. The van der Waals surface area contributed by atoms with Gasteiger partial charge < -0.3 is 24.4 Å². The molecule has 31 heavy (non-hydrogen) atoms. The second-order valence-electron chi connectivity index (χ2n) is 8.26. The van der Waals surface area contributed by atoms with Gasteiger partial charge in [0.15, 0.2) is 18.0 Å². The van der Waals surface area contributed by atoms with E-state index in [4.69, 9.17) is 14.2 Å².